The molecule has 1 aromatic heterocycles. The molecule has 0 radical (unpaired) electrons. The molecule has 2 aromatic rings. The van der Waals surface area contributed by atoms with Gasteiger partial charge < -0.3 is 9.47 Å². The zero-order valence-corrected chi connectivity index (χ0v) is 17.9. The molecule has 0 unspecified atom stereocenters. The third-order valence-corrected chi connectivity index (χ3v) is 7.72. The van der Waals surface area contributed by atoms with E-state index in [0.29, 0.717) is 30.3 Å². The molecule has 4 rings (SSSR count). The van der Waals surface area contributed by atoms with Gasteiger partial charge in [-0.1, -0.05) is 26.0 Å². The maximum absolute atomic E-state index is 13.3. The average molecular weight is 417 g/mol. The number of aromatic nitrogens is 2. The fourth-order valence-electron chi connectivity index (χ4n) is 4.05. The van der Waals surface area contributed by atoms with E-state index in [0.717, 1.165) is 42.9 Å². The molecular weight excluding hydrogens is 388 g/mol. The predicted octanol–water partition coefficient (Wildman–Crippen LogP) is 2.72. The number of carbonyl (C=O) groups is 1. The van der Waals surface area contributed by atoms with Crippen molar-refractivity contribution in [2.24, 2.45) is 0 Å². The molecular formula is C21H28N4O3S. The number of rotatable bonds is 5. The maximum Gasteiger partial charge on any atom is 0.243 e. The first-order valence-electron chi connectivity index (χ1n) is 10.3. The minimum absolute atomic E-state index is 0.148. The molecule has 156 valence electrons. The Morgan fingerprint density at radius 3 is 2.48 bits per heavy atom. The van der Waals surface area contributed by atoms with Crippen molar-refractivity contribution in [2.75, 3.05) is 13.1 Å². The number of likely N-dealkylation sites (tertiary alicyclic amines) is 1. The first-order chi connectivity index (χ1) is 13.9. The molecule has 7 nitrogen and oxygen atoms in total. The Balaban J connectivity index is 1.59. The summed E-state index contributed by atoms with van der Waals surface area (Å²) in [6.45, 7) is 6.87. The molecule has 0 saturated carbocycles. The summed E-state index contributed by atoms with van der Waals surface area (Å²) >= 11 is 0. The second-order valence-corrected chi connectivity index (χ2v) is 10.1. The molecule has 0 spiro atoms. The third kappa shape index (κ3) is 3.96. The number of hydrogen-bond acceptors (Lipinski definition) is 4. The summed E-state index contributed by atoms with van der Waals surface area (Å²) in [6, 6.07) is 7.20. The summed E-state index contributed by atoms with van der Waals surface area (Å²) < 4.78 is 30.2. The lowest BCUT2D eigenvalue weighted by Crippen LogP contribution is -2.32. The lowest BCUT2D eigenvalue weighted by Gasteiger charge is -2.21. The van der Waals surface area contributed by atoms with Crippen LogP contribution in [0.4, 0.5) is 0 Å². The molecule has 0 aliphatic carbocycles. The van der Waals surface area contributed by atoms with E-state index in [9.17, 15) is 13.2 Å². The van der Waals surface area contributed by atoms with Crippen molar-refractivity contribution in [1.29, 1.82) is 0 Å². The highest BCUT2D eigenvalue weighted by Gasteiger charge is 2.30. The SMILES string of the molecule is CC(C)c1ccc(S(=O)(=O)N2CCCn3cnc(CN4CCCC4=O)c3C2)cc1. The Morgan fingerprint density at radius 2 is 1.83 bits per heavy atom. The number of imidazole rings is 1. The van der Waals surface area contributed by atoms with Crippen LogP contribution in [0.15, 0.2) is 35.5 Å². The molecule has 2 aliphatic rings. The fraction of sp³-hybridized carbons (Fsp3) is 0.524. The van der Waals surface area contributed by atoms with E-state index in [-0.39, 0.29) is 12.5 Å². The quantitative estimate of drug-likeness (QED) is 0.751. The highest BCUT2D eigenvalue weighted by atomic mass is 32.2. The number of aryl methyl sites for hydroxylation is 1. The van der Waals surface area contributed by atoms with Crippen molar-refractivity contribution in [3.63, 3.8) is 0 Å². The van der Waals surface area contributed by atoms with Gasteiger partial charge in [-0.3, -0.25) is 4.79 Å². The number of amides is 1. The van der Waals surface area contributed by atoms with Gasteiger partial charge in [0.15, 0.2) is 0 Å². The van der Waals surface area contributed by atoms with Crippen molar-refractivity contribution < 1.29 is 13.2 Å². The summed E-state index contributed by atoms with van der Waals surface area (Å²) in [4.78, 5) is 18.7. The molecule has 1 amide bonds. The van der Waals surface area contributed by atoms with Gasteiger partial charge in [-0.15, -0.1) is 0 Å². The Labute approximate surface area is 172 Å². The van der Waals surface area contributed by atoms with Gasteiger partial charge in [0.2, 0.25) is 15.9 Å². The molecule has 8 heteroatoms. The van der Waals surface area contributed by atoms with Crippen molar-refractivity contribution >= 4 is 15.9 Å². The van der Waals surface area contributed by atoms with E-state index in [1.54, 1.807) is 22.8 Å². The summed E-state index contributed by atoms with van der Waals surface area (Å²) in [5.74, 6) is 0.505. The van der Waals surface area contributed by atoms with Gasteiger partial charge in [0, 0.05) is 26.1 Å². The minimum Gasteiger partial charge on any atom is -0.337 e. The van der Waals surface area contributed by atoms with Crippen molar-refractivity contribution in [3.8, 4) is 0 Å². The number of sulfonamides is 1. The number of hydrogen-bond donors (Lipinski definition) is 0. The number of fused-ring (bicyclic) bond motifs is 1. The van der Waals surface area contributed by atoms with Gasteiger partial charge >= 0.3 is 0 Å². The van der Waals surface area contributed by atoms with Gasteiger partial charge in [0.25, 0.3) is 0 Å². The van der Waals surface area contributed by atoms with E-state index in [1.807, 2.05) is 21.6 Å². The normalized spacial score (nSPS) is 18.3. The van der Waals surface area contributed by atoms with Crippen LogP contribution in [0.5, 0.6) is 0 Å². The maximum atomic E-state index is 13.3. The van der Waals surface area contributed by atoms with Crippen LogP contribution in [0, 0.1) is 0 Å². The van der Waals surface area contributed by atoms with Gasteiger partial charge in [0.1, 0.15) is 0 Å². The van der Waals surface area contributed by atoms with Gasteiger partial charge in [-0.2, -0.15) is 4.31 Å². The average Bonchev–Trinajstić information content (AvgIpc) is 3.20. The lowest BCUT2D eigenvalue weighted by molar-refractivity contribution is -0.128. The molecule has 1 fully saturated rings. The van der Waals surface area contributed by atoms with Gasteiger partial charge in [0.05, 0.1) is 35.7 Å². The smallest absolute Gasteiger partial charge is 0.243 e. The molecule has 1 aromatic carbocycles. The van der Waals surface area contributed by atoms with Crippen LogP contribution in [0.2, 0.25) is 0 Å². The van der Waals surface area contributed by atoms with E-state index in [4.69, 9.17) is 0 Å². The fourth-order valence-corrected chi connectivity index (χ4v) is 5.49. The summed E-state index contributed by atoms with van der Waals surface area (Å²) in [7, 11) is -3.59. The molecule has 0 N–H and O–H groups in total. The molecule has 1 saturated heterocycles. The van der Waals surface area contributed by atoms with Crippen LogP contribution < -0.4 is 0 Å². The second-order valence-electron chi connectivity index (χ2n) is 8.17. The predicted molar refractivity (Wildman–Crippen MR) is 110 cm³/mol. The highest BCUT2D eigenvalue weighted by molar-refractivity contribution is 7.89. The van der Waals surface area contributed by atoms with Crippen molar-refractivity contribution in [3.05, 3.63) is 47.5 Å². The monoisotopic (exact) mass is 416 g/mol. The van der Waals surface area contributed by atoms with E-state index in [1.165, 1.54) is 0 Å². The molecule has 3 heterocycles. The zero-order valence-electron chi connectivity index (χ0n) is 17.0. The van der Waals surface area contributed by atoms with Crippen LogP contribution in [-0.4, -0.2) is 46.2 Å². The molecule has 0 atom stereocenters. The van der Waals surface area contributed by atoms with Crippen LogP contribution in [0.1, 0.15) is 56.0 Å². The standard InChI is InChI=1S/C21H28N4O3S/c1-16(2)17-6-8-18(9-7-17)29(27,28)25-12-4-11-24-15-22-19(20(24)14-25)13-23-10-3-5-21(23)26/h6-9,15-16H,3-5,10-14H2,1-2H3. The summed E-state index contributed by atoms with van der Waals surface area (Å²) in [5.41, 5.74) is 2.82. The lowest BCUT2D eigenvalue weighted by atomic mass is 10.0. The van der Waals surface area contributed by atoms with Crippen LogP contribution in [0.3, 0.4) is 0 Å². The Hall–Kier alpha value is -2.19. The van der Waals surface area contributed by atoms with Crippen LogP contribution >= 0.6 is 0 Å². The molecule has 0 bridgehead atoms. The first-order valence-corrected chi connectivity index (χ1v) is 11.7. The van der Waals surface area contributed by atoms with Gasteiger partial charge in [-0.25, -0.2) is 13.4 Å². The minimum atomic E-state index is -3.59. The van der Waals surface area contributed by atoms with Crippen molar-refractivity contribution in [2.45, 2.75) is 63.6 Å². The van der Waals surface area contributed by atoms with Crippen LogP contribution in [-0.2, 0) is 34.5 Å². The van der Waals surface area contributed by atoms with Crippen molar-refractivity contribution in [1.82, 2.24) is 18.8 Å². The molecule has 2 aliphatic heterocycles. The third-order valence-electron chi connectivity index (χ3n) is 5.86. The second kappa shape index (κ2) is 7.91. The molecule has 29 heavy (non-hydrogen) atoms. The van der Waals surface area contributed by atoms with Crippen LogP contribution in [0.25, 0.3) is 0 Å². The Bertz CT molecular complexity index is 995. The number of nitrogens with zero attached hydrogens (tertiary/aromatic N) is 4. The first kappa shape index (κ1) is 20.1. The Morgan fingerprint density at radius 1 is 1.07 bits per heavy atom. The summed E-state index contributed by atoms with van der Waals surface area (Å²) in [6.07, 6.45) is 3.97. The largest absolute Gasteiger partial charge is 0.337 e. The van der Waals surface area contributed by atoms with E-state index >= 15 is 0 Å². The zero-order chi connectivity index (χ0) is 20.6. The van der Waals surface area contributed by atoms with Gasteiger partial charge in [-0.05, 0) is 36.5 Å². The summed E-state index contributed by atoms with van der Waals surface area (Å²) in [5, 5.41) is 0. The number of benzene rings is 1. The topological polar surface area (TPSA) is 75.5 Å². The Kier molecular flexibility index (Phi) is 5.48. The highest BCUT2D eigenvalue weighted by Crippen LogP contribution is 2.26. The van der Waals surface area contributed by atoms with E-state index < -0.39 is 10.0 Å². The van der Waals surface area contributed by atoms with E-state index in [2.05, 4.69) is 18.8 Å². The number of carbonyl (C=O) groups excluding carboxylic acids is 1.